The molecule has 1 atom stereocenters. The summed E-state index contributed by atoms with van der Waals surface area (Å²) in [6, 6.07) is 26.5. The van der Waals surface area contributed by atoms with E-state index in [2.05, 4.69) is 5.32 Å². The summed E-state index contributed by atoms with van der Waals surface area (Å²) in [5.74, 6) is 1.02. The number of carbonyl (C=O) groups excluding carboxylic acids is 2. The maximum absolute atomic E-state index is 13.5. The summed E-state index contributed by atoms with van der Waals surface area (Å²) in [6.07, 6.45) is 2.62. The Kier molecular flexibility index (Phi) is 6.12. The molecule has 1 aliphatic rings. The second kappa shape index (κ2) is 9.51. The number of nitrogens with one attached hydrogen (secondary N) is 1. The zero-order valence-electron chi connectivity index (χ0n) is 19.2. The first-order valence-electron chi connectivity index (χ1n) is 11.7. The summed E-state index contributed by atoms with van der Waals surface area (Å²) in [5.41, 5.74) is 3.63. The number of nitrogens with zero attached hydrogens (tertiary/aromatic N) is 3. The molecule has 0 saturated heterocycles. The number of para-hydroxylation sites is 3. The van der Waals surface area contributed by atoms with E-state index in [1.165, 1.54) is 0 Å². The van der Waals surface area contributed by atoms with Gasteiger partial charge in [-0.3, -0.25) is 9.59 Å². The van der Waals surface area contributed by atoms with Gasteiger partial charge in [-0.25, -0.2) is 4.98 Å². The monoisotopic (exact) mass is 452 g/mol. The average Bonchev–Trinajstić information content (AvgIpc) is 3.66. The minimum absolute atomic E-state index is 0.139. The van der Waals surface area contributed by atoms with E-state index < -0.39 is 6.04 Å². The molecular weight excluding hydrogens is 424 g/mol. The van der Waals surface area contributed by atoms with E-state index in [9.17, 15) is 9.59 Å². The number of hydrogen-bond acceptors (Lipinski definition) is 3. The summed E-state index contributed by atoms with van der Waals surface area (Å²) in [7, 11) is 1.75. The molecule has 6 heteroatoms. The fraction of sp³-hybridized carbons (Fsp3) is 0.250. The van der Waals surface area contributed by atoms with Crippen molar-refractivity contribution in [1.82, 2.24) is 14.9 Å². The van der Waals surface area contributed by atoms with Gasteiger partial charge in [0, 0.05) is 25.1 Å². The van der Waals surface area contributed by atoms with Crippen molar-refractivity contribution in [2.75, 3.05) is 11.9 Å². The van der Waals surface area contributed by atoms with Gasteiger partial charge < -0.3 is 14.8 Å². The molecule has 2 amide bonds. The molecule has 0 bridgehead atoms. The van der Waals surface area contributed by atoms with Gasteiger partial charge in [-0.2, -0.15) is 0 Å². The van der Waals surface area contributed by atoms with Gasteiger partial charge in [0.2, 0.25) is 11.8 Å². The Labute approximate surface area is 199 Å². The Morgan fingerprint density at radius 1 is 0.971 bits per heavy atom. The van der Waals surface area contributed by atoms with Crippen LogP contribution in [-0.2, 0) is 22.6 Å². The lowest BCUT2D eigenvalue weighted by Gasteiger charge is -2.25. The smallest absolute Gasteiger partial charge is 0.249 e. The Balaban J connectivity index is 1.39. The molecule has 6 nitrogen and oxygen atoms in total. The van der Waals surface area contributed by atoms with E-state index in [4.69, 9.17) is 4.98 Å². The largest absolute Gasteiger partial charge is 0.342 e. The van der Waals surface area contributed by atoms with E-state index in [0.29, 0.717) is 12.3 Å². The predicted molar refractivity (Wildman–Crippen MR) is 134 cm³/mol. The topological polar surface area (TPSA) is 67.2 Å². The van der Waals surface area contributed by atoms with Crippen LogP contribution in [0.4, 0.5) is 5.69 Å². The second-order valence-electron chi connectivity index (χ2n) is 8.86. The van der Waals surface area contributed by atoms with Crippen LogP contribution in [0.25, 0.3) is 11.0 Å². The van der Waals surface area contributed by atoms with Crippen molar-refractivity contribution < 1.29 is 9.59 Å². The van der Waals surface area contributed by atoms with Gasteiger partial charge in [-0.05, 0) is 42.7 Å². The van der Waals surface area contributed by atoms with Crippen LogP contribution in [0.5, 0.6) is 0 Å². The lowest BCUT2D eigenvalue weighted by Crippen LogP contribution is -2.49. The highest BCUT2D eigenvalue weighted by Crippen LogP contribution is 2.40. The summed E-state index contributed by atoms with van der Waals surface area (Å²) in [4.78, 5) is 33.2. The molecule has 0 unspecified atom stereocenters. The Bertz CT molecular complexity index is 1300. The van der Waals surface area contributed by atoms with Gasteiger partial charge in [-0.1, -0.05) is 60.7 Å². The minimum Gasteiger partial charge on any atom is -0.342 e. The number of amides is 2. The molecule has 0 aliphatic heterocycles. The molecule has 0 radical (unpaired) electrons. The molecular formula is C28H28N4O2. The van der Waals surface area contributed by atoms with Crippen LogP contribution in [0.2, 0.25) is 0 Å². The highest BCUT2D eigenvalue weighted by Gasteiger charge is 2.31. The maximum Gasteiger partial charge on any atom is 0.249 e. The second-order valence-corrected chi connectivity index (χ2v) is 8.86. The van der Waals surface area contributed by atoms with Crippen molar-refractivity contribution in [3.8, 4) is 0 Å². The molecule has 0 spiro atoms. The molecule has 5 rings (SSSR count). The van der Waals surface area contributed by atoms with E-state index in [1.54, 1.807) is 11.9 Å². The summed E-state index contributed by atoms with van der Waals surface area (Å²) in [5, 5.41) is 3.03. The number of rotatable bonds is 8. The number of hydrogen-bond donors (Lipinski definition) is 1. The van der Waals surface area contributed by atoms with E-state index in [-0.39, 0.29) is 18.4 Å². The zero-order valence-corrected chi connectivity index (χ0v) is 19.2. The van der Waals surface area contributed by atoms with Crippen molar-refractivity contribution in [3.05, 3.63) is 96.3 Å². The zero-order chi connectivity index (χ0) is 23.5. The molecule has 172 valence electrons. The Morgan fingerprint density at radius 2 is 1.62 bits per heavy atom. The molecule has 1 aliphatic carbocycles. The minimum atomic E-state index is -0.681. The van der Waals surface area contributed by atoms with Crippen LogP contribution < -0.4 is 10.2 Å². The van der Waals surface area contributed by atoms with Crippen LogP contribution in [0.15, 0.2) is 84.9 Å². The Morgan fingerprint density at radius 3 is 2.32 bits per heavy atom. The number of likely N-dealkylation sites (N-methyl/N-ethyl adjacent to an activating group) is 1. The predicted octanol–water partition coefficient (Wildman–Crippen LogP) is 4.30. The summed E-state index contributed by atoms with van der Waals surface area (Å²) < 4.78 is 2.01. The number of benzene rings is 3. The van der Waals surface area contributed by atoms with Gasteiger partial charge in [0.1, 0.15) is 18.4 Å². The van der Waals surface area contributed by atoms with Crippen molar-refractivity contribution >= 4 is 28.5 Å². The van der Waals surface area contributed by atoms with Crippen LogP contribution >= 0.6 is 0 Å². The van der Waals surface area contributed by atoms with Crippen LogP contribution in [0, 0.1) is 0 Å². The highest BCUT2D eigenvalue weighted by molar-refractivity contribution is 5.99. The third-order valence-electron chi connectivity index (χ3n) is 6.32. The molecule has 1 heterocycles. The lowest BCUT2D eigenvalue weighted by atomic mass is 10.0. The highest BCUT2D eigenvalue weighted by atomic mass is 16.2. The quantitative estimate of drug-likeness (QED) is 0.433. The lowest BCUT2D eigenvalue weighted by molar-refractivity contribution is -0.127. The Hall–Kier alpha value is -3.93. The third-order valence-corrected chi connectivity index (χ3v) is 6.32. The molecule has 4 aromatic rings. The van der Waals surface area contributed by atoms with Gasteiger partial charge in [0.25, 0.3) is 0 Å². The summed E-state index contributed by atoms with van der Waals surface area (Å²) in [6.45, 7) is 0.139. The summed E-state index contributed by atoms with van der Waals surface area (Å²) >= 11 is 0. The molecule has 1 saturated carbocycles. The third kappa shape index (κ3) is 4.71. The standard InChI is InChI=1S/C28H28N4O2/c1-31(22-12-6-3-7-13-22)28(34)24(18-20-10-4-2-5-11-20)29-26(33)19-32-25-15-9-8-14-23(25)30-27(32)21-16-17-21/h2-15,21,24H,16-19H2,1H3,(H,29,33)/t24-/m0/s1. The first-order valence-corrected chi connectivity index (χ1v) is 11.7. The fourth-order valence-corrected chi connectivity index (χ4v) is 4.36. The SMILES string of the molecule is CN(C(=O)[C@H](Cc1ccccc1)NC(=O)Cn1c(C2CC2)nc2ccccc21)c1ccccc1. The van der Waals surface area contributed by atoms with Crippen molar-refractivity contribution in [1.29, 1.82) is 0 Å². The number of imidazole rings is 1. The first-order chi connectivity index (χ1) is 16.6. The van der Waals surface area contributed by atoms with Crippen molar-refractivity contribution in [3.63, 3.8) is 0 Å². The van der Waals surface area contributed by atoms with E-state index >= 15 is 0 Å². The van der Waals surface area contributed by atoms with E-state index in [0.717, 1.165) is 41.0 Å². The molecule has 1 aromatic heterocycles. The average molecular weight is 453 g/mol. The molecule has 3 aromatic carbocycles. The van der Waals surface area contributed by atoms with Gasteiger partial charge in [0.05, 0.1) is 11.0 Å². The van der Waals surface area contributed by atoms with Gasteiger partial charge >= 0.3 is 0 Å². The van der Waals surface area contributed by atoms with E-state index in [1.807, 2.05) is 89.5 Å². The molecule has 1 fully saturated rings. The number of aromatic nitrogens is 2. The van der Waals surface area contributed by atoms with Crippen molar-refractivity contribution in [2.45, 2.75) is 37.8 Å². The van der Waals surface area contributed by atoms with Crippen LogP contribution in [0.1, 0.15) is 30.1 Å². The van der Waals surface area contributed by atoms with Crippen molar-refractivity contribution in [2.24, 2.45) is 0 Å². The first kappa shape index (κ1) is 21.9. The van der Waals surface area contributed by atoms with Gasteiger partial charge in [-0.15, -0.1) is 0 Å². The number of carbonyl (C=O) groups is 2. The number of fused-ring (bicyclic) bond motifs is 1. The number of anilines is 1. The molecule has 34 heavy (non-hydrogen) atoms. The molecule has 1 N–H and O–H groups in total. The van der Waals surface area contributed by atoms with Crippen LogP contribution in [-0.4, -0.2) is 34.5 Å². The maximum atomic E-state index is 13.5. The van der Waals surface area contributed by atoms with Gasteiger partial charge in [0.15, 0.2) is 0 Å². The fourth-order valence-electron chi connectivity index (χ4n) is 4.36. The normalized spacial score (nSPS) is 14.0. The van der Waals surface area contributed by atoms with Crippen LogP contribution in [0.3, 0.4) is 0 Å².